The molecule has 1 heterocycles. The predicted octanol–water partition coefficient (Wildman–Crippen LogP) is 3.23. The third-order valence-corrected chi connectivity index (χ3v) is 7.29. The Kier molecular flexibility index (Phi) is 7.01. The van der Waals surface area contributed by atoms with Gasteiger partial charge in [-0.15, -0.1) is 0 Å². The number of benzene rings is 2. The highest BCUT2D eigenvalue weighted by molar-refractivity contribution is 7.92. The van der Waals surface area contributed by atoms with E-state index >= 15 is 0 Å². The van der Waals surface area contributed by atoms with Crippen molar-refractivity contribution in [2.24, 2.45) is 5.73 Å². The van der Waals surface area contributed by atoms with E-state index in [-0.39, 0.29) is 10.7 Å². The summed E-state index contributed by atoms with van der Waals surface area (Å²) in [5.74, 6) is 0.830. The molecule has 10 heteroatoms. The molecule has 0 bridgehead atoms. The van der Waals surface area contributed by atoms with Gasteiger partial charge in [-0.05, 0) is 48.4 Å². The van der Waals surface area contributed by atoms with Crippen LogP contribution in [0.25, 0.3) is 0 Å². The number of ether oxygens (including phenoxy) is 1. The Morgan fingerprint density at radius 3 is 2.43 bits per heavy atom. The minimum Gasteiger partial charge on any atom is -0.497 e. The molecule has 0 spiro atoms. The quantitative estimate of drug-likeness (QED) is 0.515. The van der Waals surface area contributed by atoms with Gasteiger partial charge in [-0.25, -0.2) is 17.8 Å². The van der Waals surface area contributed by atoms with Crippen LogP contribution in [0, 0.1) is 5.82 Å². The fourth-order valence-corrected chi connectivity index (χ4v) is 5.05. The molecule has 1 aromatic heterocycles. The lowest BCUT2D eigenvalue weighted by Crippen LogP contribution is -2.45. The van der Waals surface area contributed by atoms with Gasteiger partial charge >= 0.3 is 0 Å². The Bertz CT molecular complexity index is 1070. The second-order valence-corrected chi connectivity index (χ2v) is 9.52. The van der Waals surface area contributed by atoms with Crippen LogP contribution in [0.2, 0.25) is 0 Å². The van der Waals surface area contributed by atoms with E-state index < -0.39 is 21.3 Å². The first-order valence-corrected chi connectivity index (χ1v) is 11.6. The summed E-state index contributed by atoms with van der Waals surface area (Å²) < 4.78 is 48.3. The molecule has 2 aromatic carbocycles. The molecular weight excluding hydrogens is 427 g/mol. The number of anilines is 1. The number of nitrogens with two attached hydrogens (primary N) is 1. The highest BCUT2D eigenvalue weighted by atomic mass is 32.2. The molecule has 2 unspecified atom stereocenters. The van der Waals surface area contributed by atoms with Gasteiger partial charge in [0.2, 0.25) is 5.13 Å². The molecule has 0 saturated heterocycles. The van der Waals surface area contributed by atoms with Crippen LogP contribution in [0.1, 0.15) is 24.7 Å². The number of methoxy groups -OCH3 is 1. The van der Waals surface area contributed by atoms with Gasteiger partial charge in [0.25, 0.3) is 0 Å². The van der Waals surface area contributed by atoms with Crippen molar-refractivity contribution in [3.63, 3.8) is 0 Å². The van der Waals surface area contributed by atoms with Crippen molar-refractivity contribution >= 4 is 26.5 Å². The monoisotopic (exact) mass is 450 g/mol. The molecule has 7 nitrogen and oxygen atoms in total. The molecule has 3 aromatic rings. The number of halogens is 1. The zero-order chi connectivity index (χ0) is 21.7. The van der Waals surface area contributed by atoms with E-state index in [1.807, 2.05) is 6.92 Å². The first kappa shape index (κ1) is 22.1. The summed E-state index contributed by atoms with van der Waals surface area (Å²) in [6, 6.07) is 11.7. The van der Waals surface area contributed by atoms with Gasteiger partial charge in [0.1, 0.15) is 22.8 Å². The highest BCUT2D eigenvalue weighted by Crippen LogP contribution is 2.23. The Balaban J connectivity index is 1.71. The molecule has 0 saturated carbocycles. The van der Waals surface area contributed by atoms with E-state index in [1.54, 1.807) is 24.3 Å². The molecule has 2 atom stereocenters. The second-order valence-electron chi connectivity index (χ2n) is 6.66. The van der Waals surface area contributed by atoms with E-state index in [4.69, 9.17) is 10.5 Å². The van der Waals surface area contributed by atoms with Gasteiger partial charge < -0.3 is 15.8 Å². The molecule has 0 aliphatic heterocycles. The maximum absolute atomic E-state index is 13.0. The van der Waals surface area contributed by atoms with Crippen molar-refractivity contribution in [3.8, 4) is 5.75 Å². The van der Waals surface area contributed by atoms with E-state index in [9.17, 15) is 12.8 Å². The van der Waals surface area contributed by atoms with Gasteiger partial charge in [0.05, 0.1) is 18.0 Å². The standard InChI is InChI=1S/C20H23FN4O3S2/c1-3-17(19(22)30(26,27)16-10-8-15(28-2)9-11-16)23-20-24-18(25-29-20)12-13-4-6-14(21)7-5-13/h4-11,17,19H,3,12,22H2,1-2H3,(H,23,24,25). The Morgan fingerprint density at radius 2 is 1.83 bits per heavy atom. The summed E-state index contributed by atoms with van der Waals surface area (Å²) in [5, 5.41) is 2.42. The molecular formula is C20H23FN4O3S2. The molecule has 160 valence electrons. The Morgan fingerprint density at radius 1 is 1.17 bits per heavy atom. The molecule has 0 aliphatic rings. The summed E-state index contributed by atoms with van der Waals surface area (Å²) in [6.07, 6.45) is 0.925. The van der Waals surface area contributed by atoms with Crippen molar-refractivity contribution in [3.05, 3.63) is 65.7 Å². The van der Waals surface area contributed by atoms with Crippen molar-refractivity contribution in [1.29, 1.82) is 0 Å². The minimum atomic E-state index is -3.76. The average molecular weight is 451 g/mol. The van der Waals surface area contributed by atoms with Crippen LogP contribution in [-0.4, -0.2) is 36.3 Å². The molecule has 3 rings (SSSR count). The van der Waals surface area contributed by atoms with Crippen molar-refractivity contribution in [2.45, 2.75) is 36.1 Å². The topological polar surface area (TPSA) is 107 Å². The van der Waals surface area contributed by atoms with Crippen LogP contribution in [0.4, 0.5) is 9.52 Å². The minimum absolute atomic E-state index is 0.130. The molecule has 3 N–H and O–H groups in total. The third-order valence-electron chi connectivity index (χ3n) is 4.64. The summed E-state index contributed by atoms with van der Waals surface area (Å²) in [6.45, 7) is 1.85. The van der Waals surface area contributed by atoms with Gasteiger partial charge in [-0.1, -0.05) is 19.1 Å². The molecule has 0 amide bonds. The summed E-state index contributed by atoms with van der Waals surface area (Å²) >= 11 is 1.13. The van der Waals surface area contributed by atoms with Crippen LogP contribution in [-0.2, 0) is 16.3 Å². The number of nitrogens with one attached hydrogen (secondary N) is 1. The third kappa shape index (κ3) is 5.13. The Hall–Kier alpha value is -2.56. The molecule has 0 radical (unpaired) electrons. The number of aromatic nitrogens is 2. The van der Waals surface area contributed by atoms with E-state index in [0.717, 1.165) is 17.1 Å². The highest BCUT2D eigenvalue weighted by Gasteiger charge is 2.31. The lowest BCUT2D eigenvalue weighted by Gasteiger charge is -2.23. The largest absolute Gasteiger partial charge is 0.497 e. The van der Waals surface area contributed by atoms with Crippen molar-refractivity contribution in [2.75, 3.05) is 12.4 Å². The zero-order valence-corrected chi connectivity index (χ0v) is 18.2. The van der Waals surface area contributed by atoms with Gasteiger partial charge in [0, 0.05) is 18.0 Å². The lowest BCUT2D eigenvalue weighted by molar-refractivity contribution is 0.414. The number of rotatable bonds is 9. The molecule has 0 aliphatic carbocycles. The van der Waals surface area contributed by atoms with Gasteiger partial charge in [0.15, 0.2) is 9.84 Å². The fraction of sp³-hybridized carbons (Fsp3) is 0.300. The van der Waals surface area contributed by atoms with E-state index in [0.29, 0.717) is 29.5 Å². The summed E-state index contributed by atoms with van der Waals surface area (Å²) in [7, 11) is -2.25. The fourth-order valence-electron chi connectivity index (χ4n) is 2.88. The smallest absolute Gasteiger partial charge is 0.202 e. The van der Waals surface area contributed by atoms with Crippen molar-refractivity contribution in [1.82, 2.24) is 9.36 Å². The first-order chi connectivity index (χ1) is 14.3. The number of nitrogens with zero attached hydrogens (tertiary/aromatic N) is 2. The van der Waals surface area contributed by atoms with Crippen LogP contribution >= 0.6 is 11.5 Å². The SMILES string of the molecule is CCC(Nc1nc(Cc2ccc(F)cc2)ns1)C(N)S(=O)(=O)c1ccc(OC)cc1. The maximum Gasteiger partial charge on any atom is 0.202 e. The average Bonchev–Trinajstić information content (AvgIpc) is 3.20. The molecule has 0 fully saturated rings. The second kappa shape index (κ2) is 9.50. The van der Waals surface area contributed by atoms with Gasteiger partial charge in [-0.3, -0.25) is 0 Å². The summed E-state index contributed by atoms with van der Waals surface area (Å²) in [5.41, 5.74) is 7.02. The van der Waals surface area contributed by atoms with Crippen LogP contribution in [0.15, 0.2) is 53.4 Å². The van der Waals surface area contributed by atoms with Gasteiger partial charge in [-0.2, -0.15) is 4.37 Å². The molecule has 30 heavy (non-hydrogen) atoms. The van der Waals surface area contributed by atoms with E-state index in [2.05, 4.69) is 14.7 Å². The van der Waals surface area contributed by atoms with Crippen LogP contribution in [0.5, 0.6) is 5.75 Å². The maximum atomic E-state index is 13.0. The zero-order valence-electron chi connectivity index (χ0n) is 16.6. The van der Waals surface area contributed by atoms with E-state index in [1.165, 1.54) is 31.4 Å². The number of sulfone groups is 1. The number of hydrogen-bond donors (Lipinski definition) is 2. The first-order valence-electron chi connectivity index (χ1n) is 9.30. The predicted molar refractivity (Wildman–Crippen MR) is 115 cm³/mol. The normalized spacial score (nSPS) is 13.6. The van der Waals surface area contributed by atoms with Crippen molar-refractivity contribution < 1.29 is 17.5 Å². The summed E-state index contributed by atoms with van der Waals surface area (Å²) in [4.78, 5) is 4.54. The lowest BCUT2D eigenvalue weighted by atomic mass is 10.1. The van der Waals surface area contributed by atoms with Crippen LogP contribution < -0.4 is 15.8 Å². The van der Waals surface area contributed by atoms with Crippen LogP contribution in [0.3, 0.4) is 0 Å². The Labute approximate surface area is 179 Å². The number of hydrogen-bond acceptors (Lipinski definition) is 8.